The van der Waals surface area contributed by atoms with Crippen LogP contribution in [0, 0.1) is 0 Å². The Bertz CT molecular complexity index is 753. The fraction of sp³-hybridized carbons (Fsp3) is 0.0667. The van der Waals surface area contributed by atoms with Crippen molar-refractivity contribution in [1.29, 1.82) is 0 Å². The summed E-state index contributed by atoms with van der Waals surface area (Å²) in [5.74, 6) is -0.0368. The lowest BCUT2D eigenvalue weighted by molar-refractivity contribution is 0.0996. The Balaban J connectivity index is 1.68. The largest absolute Gasteiger partial charge is 0.459 e. The summed E-state index contributed by atoms with van der Waals surface area (Å²) in [6.07, 6.45) is 3.94. The molecule has 21 heavy (non-hydrogen) atoms. The van der Waals surface area contributed by atoms with E-state index in [9.17, 15) is 4.79 Å². The average Bonchev–Trinajstić information content (AvgIpc) is 3.10. The van der Waals surface area contributed by atoms with Crippen LogP contribution in [0.4, 0.5) is 5.13 Å². The van der Waals surface area contributed by atoms with Crippen molar-refractivity contribution < 1.29 is 9.21 Å². The van der Waals surface area contributed by atoms with Gasteiger partial charge in [0.1, 0.15) is 0 Å². The summed E-state index contributed by atoms with van der Waals surface area (Å²) in [5, 5.41) is 3.97. The first kappa shape index (κ1) is 13.9. The lowest BCUT2D eigenvalue weighted by Crippen LogP contribution is -2.10. The van der Waals surface area contributed by atoms with E-state index in [4.69, 9.17) is 16.0 Å². The van der Waals surface area contributed by atoms with Crippen molar-refractivity contribution in [3.8, 4) is 0 Å². The Morgan fingerprint density at radius 2 is 2.24 bits per heavy atom. The van der Waals surface area contributed by atoms with Crippen LogP contribution in [0.1, 0.15) is 21.0 Å². The molecule has 3 rings (SSSR count). The van der Waals surface area contributed by atoms with Gasteiger partial charge in [-0.05, 0) is 29.8 Å². The summed E-state index contributed by atoms with van der Waals surface area (Å²) in [5.41, 5.74) is 1.11. The zero-order valence-corrected chi connectivity index (χ0v) is 12.4. The zero-order valence-electron chi connectivity index (χ0n) is 10.9. The molecule has 6 heteroatoms. The lowest BCUT2D eigenvalue weighted by atomic mass is 10.1. The predicted octanol–water partition coefficient (Wildman–Crippen LogP) is 4.23. The molecular weight excluding hydrogens is 308 g/mol. The molecule has 1 amide bonds. The quantitative estimate of drug-likeness (QED) is 0.783. The minimum Gasteiger partial charge on any atom is -0.459 e. The van der Waals surface area contributed by atoms with E-state index in [1.165, 1.54) is 17.6 Å². The van der Waals surface area contributed by atoms with Crippen molar-refractivity contribution >= 4 is 34.0 Å². The smallest absolute Gasteiger partial charge is 0.293 e. The van der Waals surface area contributed by atoms with E-state index in [1.807, 2.05) is 24.3 Å². The van der Waals surface area contributed by atoms with Crippen LogP contribution in [0.25, 0.3) is 0 Å². The molecule has 1 N–H and O–H groups in total. The minimum atomic E-state index is -0.302. The van der Waals surface area contributed by atoms with Crippen LogP contribution in [0.3, 0.4) is 0 Å². The maximum Gasteiger partial charge on any atom is 0.293 e. The van der Waals surface area contributed by atoms with Gasteiger partial charge < -0.3 is 4.42 Å². The molecule has 0 saturated heterocycles. The van der Waals surface area contributed by atoms with Crippen LogP contribution in [0.2, 0.25) is 5.02 Å². The third-order valence-electron chi connectivity index (χ3n) is 2.79. The van der Waals surface area contributed by atoms with E-state index in [-0.39, 0.29) is 11.7 Å². The number of halogens is 1. The first-order valence-electron chi connectivity index (χ1n) is 6.25. The van der Waals surface area contributed by atoms with Crippen molar-refractivity contribution in [3.05, 3.63) is 70.1 Å². The average molecular weight is 319 g/mol. The molecule has 0 fully saturated rings. The fourth-order valence-electron chi connectivity index (χ4n) is 1.86. The number of carbonyl (C=O) groups excluding carboxylic acids is 1. The monoisotopic (exact) mass is 318 g/mol. The third-order valence-corrected chi connectivity index (χ3v) is 3.93. The van der Waals surface area contributed by atoms with E-state index >= 15 is 0 Å². The Morgan fingerprint density at radius 3 is 3.00 bits per heavy atom. The molecule has 0 spiro atoms. The highest BCUT2D eigenvalue weighted by atomic mass is 35.5. The van der Waals surface area contributed by atoms with E-state index in [2.05, 4.69) is 10.3 Å². The van der Waals surface area contributed by atoms with E-state index < -0.39 is 0 Å². The number of nitrogens with zero attached hydrogens (tertiary/aromatic N) is 1. The summed E-state index contributed by atoms with van der Waals surface area (Å²) < 4.78 is 5.03. The van der Waals surface area contributed by atoms with E-state index in [0.29, 0.717) is 10.2 Å². The number of benzene rings is 1. The van der Waals surface area contributed by atoms with Gasteiger partial charge in [-0.15, -0.1) is 11.3 Å². The molecule has 106 valence electrons. The molecule has 2 aromatic heterocycles. The number of thiazole rings is 1. The van der Waals surface area contributed by atoms with Crippen molar-refractivity contribution in [3.63, 3.8) is 0 Å². The second kappa shape index (κ2) is 6.11. The molecule has 2 heterocycles. The number of anilines is 1. The van der Waals surface area contributed by atoms with Crippen LogP contribution in [-0.2, 0) is 6.42 Å². The van der Waals surface area contributed by atoms with Gasteiger partial charge in [0.25, 0.3) is 5.91 Å². The van der Waals surface area contributed by atoms with E-state index in [1.54, 1.807) is 18.3 Å². The molecule has 1 aromatic carbocycles. The first-order valence-corrected chi connectivity index (χ1v) is 7.44. The highest BCUT2D eigenvalue weighted by Gasteiger charge is 2.11. The summed E-state index contributed by atoms with van der Waals surface area (Å²) >= 11 is 7.39. The van der Waals surface area contributed by atoms with Crippen molar-refractivity contribution in [2.75, 3.05) is 5.32 Å². The van der Waals surface area contributed by atoms with Crippen LogP contribution < -0.4 is 5.32 Å². The van der Waals surface area contributed by atoms with Crippen LogP contribution in [-0.4, -0.2) is 10.9 Å². The van der Waals surface area contributed by atoms with Crippen molar-refractivity contribution in [2.24, 2.45) is 0 Å². The van der Waals surface area contributed by atoms with Gasteiger partial charge in [0, 0.05) is 22.5 Å². The van der Waals surface area contributed by atoms with Crippen LogP contribution in [0.15, 0.2) is 53.3 Å². The highest BCUT2D eigenvalue weighted by Crippen LogP contribution is 2.23. The predicted molar refractivity (Wildman–Crippen MR) is 83.0 cm³/mol. The Labute approximate surface area is 130 Å². The van der Waals surface area contributed by atoms with Crippen molar-refractivity contribution in [1.82, 2.24) is 4.98 Å². The summed E-state index contributed by atoms with van der Waals surface area (Å²) in [6.45, 7) is 0. The maximum atomic E-state index is 11.8. The second-order valence-corrected chi connectivity index (χ2v) is 5.92. The molecule has 0 radical (unpaired) electrons. The number of rotatable bonds is 4. The Kier molecular flexibility index (Phi) is 4.03. The second-order valence-electron chi connectivity index (χ2n) is 4.37. The summed E-state index contributed by atoms with van der Waals surface area (Å²) in [7, 11) is 0. The molecule has 0 aliphatic rings. The molecule has 0 atom stereocenters. The van der Waals surface area contributed by atoms with Gasteiger partial charge in [0.05, 0.1) is 6.26 Å². The number of hydrogen-bond donors (Lipinski definition) is 1. The Hall–Kier alpha value is -2.11. The van der Waals surface area contributed by atoms with Gasteiger partial charge >= 0.3 is 0 Å². The minimum absolute atomic E-state index is 0.265. The zero-order chi connectivity index (χ0) is 14.7. The van der Waals surface area contributed by atoms with Gasteiger partial charge in [0.15, 0.2) is 10.9 Å². The van der Waals surface area contributed by atoms with Gasteiger partial charge in [-0.1, -0.05) is 23.7 Å². The highest BCUT2D eigenvalue weighted by molar-refractivity contribution is 7.15. The third kappa shape index (κ3) is 3.51. The number of nitrogens with one attached hydrogen (secondary N) is 1. The number of hydrogen-bond acceptors (Lipinski definition) is 4. The normalized spacial score (nSPS) is 10.5. The molecule has 0 aliphatic carbocycles. The summed E-state index contributed by atoms with van der Waals surface area (Å²) in [4.78, 5) is 17.1. The molecule has 3 aromatic rings. The summed E-state index contributed by atoms with van der Waals surface area (Å²) in [6, 6.07) is 11.0. The first-order chi connectivity index (χ1) is 10.2. The van der Waals surface area contributed by atoms with Gasteiger partial charge in [-0.3, -0.25) is 10.1 Å². The Morgan fingerprint density at radius 1 is 1.33 bits per heavy atom. The van der Waals surface area contributed by atoms with Crippen LogP contribution in [0.5, 0.6) is 0 Å². The van der Waals surface area contributed by atoms with Gasteiger partial charge in [-0.25, -0.2) is 4.98 Å². The molecular formula is C15H11ClN2O2S. The number of amides is 1. The number of aromatic nitrogens is 1. The molecule has 0 bridgehead atoms. The molecule has 4 nitrogen and oxygen atoms in total. The standard InChI is InChI=1S/C15H11ClN2O2S/c16-11-4-1-3-10(7-11)8-12-9-17-15(21-12)18-14(19)13-5-2-6-20-13/h1-7,9H,8H2,(H,17,18,19). The molecule has 0 saturated carbocycles. The van der Waals surface area contributed by atoms with Gasteiger partial charge in [-0.2, -0.15) is 0 Å². The van der Waals surface area contributed by atoms with E-state index in [0.717, 1.165) is 16.9 Å². The number of furan rings is 1. The van der Waals surface area contributed by atoms with Gasteiger partial charge in [0.2, 0.25) is 0 Å². The molecule has 0 unspecified atom stereocenters. The maximum absolute atomic E-state index is 11.8. The molecule has 0 aliphatic heterocycles. The topological polar surface area (TPSA) is 55.1 Å². The number of carbonyl (C=O) groups is 1. The SMILES string of the molecule is O=C(Nc1ncc(Cc2cccc(Cl)c2)s1)c1ccco1. The fourth-order valence-corrected chi connectivity index (χ4v) is 2.92. The van der Waals surface area contributed by atoms with Crippen LogP contribution >= 0.6 is 22.9 Å². The lowest BCUT2D eigenvalue weighted by Gasteiger charge is -1.99. The van der Waals surface area contributed by atoms with Crippen molar-refractivity contribution in [2.45, 2.75) is 6.42 Å².